The molecule has 1 aliphatic heterocycles. The molecule has 0 bridgehead atoms. The number of aromatic nitrogens is 3. The van der Waals surface area contributed by atoms with Gasteiger partial charge in [-0.3, -0.25) is 9.59 Å². The third kappa shape index (κ3) is 4.45. The number of aryl methyl sites for hydroxylation is 1. The van der Waals surface area contributed by atoms with Crippen molar-refractivity contribution in [1.29, 1.82) is 0 Å². The molecule has 0 atom stereocenters. The molecule has 1 aromatic carbocycles. The third-order valence-electron chi connectivity index (χ3n) is 5.96. The highest BCUT2D eigenvalue weighted by Crippen LogP contribution is 2.19. The van der Waals surface area contributed by atoms with Crippen molar-refractivity contribution in [3.05, 3.63) is 76.0 Å². The lowest BCUT2D eigenvalue weighted by Crippen LogP contribution is -2.38. The van der Waals surface area contributed by atoms with Crippen molar-refractivity contribution in [3.8, 4) is 11.4 Å². The van der Waals surface area contributed by atoms with Crippen molar-refractivity contribution in [3.63, 3.8) is 0 Å². The van der Waals surface area contributed by atoms with E-state index >= 15 is 0 Å². The summed E-state index contributed by atoms with van der Waals surface area (Å²) < 4.78 is 8.75. The topological polar surface area (TPSA) is 81.4 Å². The Kier molecular flexibility index (Phi) is 6.41. The number of rotatable bonds is 6. The molecule has 0 spiro atoms. The van der Waals surface area contributed by atoms with Gasteiger partial charge in [-0.25, -0.2) is 4.68 Å². The van der Waals surface area contributed by atoms with E-state index in [4.69, 9.17) is 4.74 Å². The molecule has 4 rings (SSSR count). The lowest BCUT2D eigenvalue weighted by atomic mass is 10.0. The molecule has 1 fully saturated rings. The van der Waals surface area contributed by atoms with Crippen LogP contribution in [0.2, 0.25) is 0 Å². The number of nitrogens with zero attached hydrogens (tertiary/aromatic N) is 4. The first-order valence-corrected chi connectivity index (χ1v) is 10.8. The molecule has 0 radical (unpaired) electrons. The first-order chi connectivity index (χ1) is 15.5. The van der Waals surface area contributed by atoms with Gasteiger partial charge in [-0.2, -0.15) is 5.10 Å². The Morgan fingerprint density at radius 3 is 2.81 bits per heavy atom. The van der Waals surface area contributed by atoms with Crippen LogP contribution in [-0.4, -0.2) is 52.4 Å². The summed E-state index contributed by atoms with van der Waals surface area (Å²) in [5, 5.41) is 7.72. The Bertz CT molecular complexity index is 1160. The van der Waals surface area contributed by atoms with Crippen LogP contribution in [0.3, 0.4) is 0 Å². The van der Waals surface area contributed by atoms with Crippen LogP contribution < -0.4 is 15.6 Å². The second-order valence-electron chi connectivity index (χ2n) is 8.22. The summed E-state index contributed by atoms with van der Waals surface area (Å²) in [5.74, 6) is 0.473. The van der Waals surface area contributed by atoms with Crippen LogP contribution in [0.4, 0.5) is 0 Å². The van der Waals surface area contributed by atoms with Gasteiger partial charge in [-0.15, -0.1) is 0 Å². The number of hydrogen-bond acceptors (Lipinski definition) is 5. The van der Waals surface area contributed by atoms with Crippen molar-refractivity contribution in [2.24, 2.45) is 0 Å². The van der Waals surface area contributed by atoms with Crippen molar-refractivity contribution in [1.82, 2.24) is 24.6 Å². The SMILES string of the molecule is COc1cccc(-n2cc(CN(C)C(=O)c3c(C)ccn(C4CCNCC4)c3=O)cn2)c1. The van der Waals surface area contributed by atoms with Crippen LogP contribution in [0.1, 0.15) is 40.4 Å². The Labute approximate surface area is 187 Å². The molecule has 168 valence electrons. The number of benzene rings is 1. The zero-order valence-electron chi connectivity index (χ0n) is 18.7. The van der Waals surface area contributed by atoms with Gasteiger partial charge in [0.05, 0.1) is 19.0 Å². The van der Waals surface area contributed by atoms with E-state index in [1.54, 1.807) is 34.5 Å². The van der Waals surface area contributed by atoms with Gasteiger partial charge in [0.15, 0.2) is 0 Å². The molecule has 8 nitrogen and oxygen atoms in total. The van der Waals surface area contributed by atoms with Crippen LogP contribution in [0, 0.1) is 6.92 Å². The van der Waals surface area contributed by atoms with Gasteiger partial charge >= 0.3 is 0 Å². The minimum atomic E-state index is -0.273. The standard InChI is InChI=1S/C24H29N5O3/c1-17-9-12-28(19-7-10-25-11-8-19)24(31)22(17)23(30)27(2)15-18-14-26-29(16-18)20-5-4-6-21(13-20)32-3/h4-6,9,12-14,16,19,25H,7-8,10-11,15H2,1-3H3. The summed E-state index contributed by atoms with van der Waals surface area (Å²) in [7, 11) is 3.34. The average molecular weight is 436 g/mol. The quantitative estimate of drug-likeness (QED) is 0.644. The number of methoxy groups -OCH3 is 1. The first-order valence-electron chi connectivity index (χ1n) is 10.8. The molecule has 0 saturated carbocycles. The summed E-state index contributed by atoms with van der Waals surface area (Å²) >= 11 is 0. The van der Waals surface area contributed by atoms with Crippen LogP contribution >= 0.6 is 0 Å². The average Bonchev–Trinajstić information content (AvgIpc) is 3.28. The van der Waals surface area contributed by atoms with E-state index in [9.17, 15) is 9.59 Å². The highest BCUT2D eigenvalue weighted by atomic mass is 16.5. The van der Waals surface area contributed by atoms with E-state index in [-0.39, 0.29) is 23.1 Å². The maximum Gasteiger partial charge on any atom is 0.263 e. The van der Waals surface area contributed by atoms with E-state index in [0.29, 0.717) is 12.1 Å². The van der Waals surface area contributed by atoms with Gasteiger partial charge < -0.3 is 19.5 Å². The molecule has 8 heteroatoms. The van der Waals surface area contributed by atoms with Crippen molar-refractivity contribution in [2.75, 3.05) is 27.2 Å². The number of carbonyl (C=O) groups excluding carboxylic acids is 1. The first kappa shape index (κ1) is 21.8. The molecule has 1 aliphatic rings. The Morgan fingerprint density at radius 1 is 1.28 bits per heavy atom. The second-order valence-corrected chi connectivity index (χ2v) is 8.22. The fourth-order valence-electron chi connectivity index (χ4n) is 4.15. The minimum Gasteiger partial charge on any atom is -0.497 e. The molecule has 3 heterocycles. The van der Waals surface area contributed by atoms with E-state index < -0.39 is 0 Å². The smallest absolute Gasteiger partial charge is 0.263 e. The zero-order valence-corrected chi connectivity index (χ0v) is 18.7. The normalized spacial score (nSPS) is 14.3. The largest absolute Gasteiger partial charge is 0.497 e. The molecule has 32 heavy (non-hydrogen) atoms. The van der Waals surface area contributed by atoms with Gasteiger partial charge in [-0.1, -0.05) is 6.07 Å². The summed E-state index contributed by atoms with van der Waals surface area (Å²) in [6, 6.07) is 9.59. The highest BCUT2D eigenvalue weighted by molar-refractivity contribution is 5.95. The molecule has 3 aromatic rings. The molecule has 0 aliphatic carbocycles. The van der Waals surface area contributed by atoms with Crippen LogP contribution in [0.25, 0.3) is 5.69 Å². The van der Waals surface area contributed by atoms with Gasteiger partial charge in [0.2, 0.25) is 0 Å². The number of amides is 1. The summed E-state index contributed by atoms with van der Waals surface area (Å²) in [5.41, 5.74) is 2.47. The third-order valence-corrected chi connectivity index (χ3v) is 5.96. The maximum absolute atomic E-state index is 13.2. The number of carbonyl (C=O) groups is 1. The lowest BCUT2D eigenvalue weighted by Gasteiger charge is -2.26. The fraction of sp³-hybridized carbons (Fsp3) is 0.375. The molecular weight excluding hydrogens is 406 g/mol. The van der Waals surface area contributed by atoms with Gasteiger partial charge in [-0.05, 0) is 56.6 Å². The lowest BCUT2D eigenvalue weighted by molar-refractivity contribution is 0.0781. The van der Waals surface area contributed by atoms with E-state index in [1.807, 2.05) is 49.6 Å². The van der Waals surface area contributed by atoms with Crippen molar-refractivity contribution >= 4 is 5.91 Å². The zero-order chi connectivity index (χ0) is 22.7. The van der Waals surface area contributed by atoms with Crippen molar-refractivity contribution < 1.29 is 9.53 Å². The Hall–Kier alpha value is -3.39. The van der Waals surface area contributed by atoms with E-state index in [0.717, 1.165) is 42.9 Å². The summed E-state index contributed by atoms with van der Waals surface area (Å²) in [4.78, 5) is 28.0. The summed E-state index contributed by atoms with van der Waals surface area (Å²) in [6.45, 7) is 3.93. The minimum absolute atomic E-state index is 0.127. The highest BCUT2D eigenvalue weighted by Gasteiger charge is 2.23. The molecule has 2 aromatic heterocycles. The molecule has 1 amide bonds. The van der Waals surface area contributed by atoms with Crippen LogP contribution in [0.5, 0.6) is 5.75 Å². The van der Waals surface area contributed by atoms with Crippen LogP contribution in [0.15, 0.2) is 53.7 Å². The molecule has 0 unspecified atom stereocenters. The maximum atomic E-state index is 13.2. The number of hydrogen-bond donors (Lipinski definition) is 1. The second kappa shape index (κ2) is 9.40. The summed E-state index contributed by atoms with van der Waals surface area (Å²) in [6.07, 6.45) is 7.20. The molecule has 1 N–H and O–H groups in total. The molecular formula is C24H29N5O3. The number of pyridine rings is 1. The predicted octanol–water partition coefficient (Wildman–Crippen LogP) is 2.55. The van der Waals surface area contributed by atoms with Crippen molar-refractivity contribution in [2.45, 2.75) is 32.4 Å². The van der Waals surface area contributed by atoms with E-state index in [2.05, 4.69) is 10.4 Å². The van der Waals surface area contributed by atoms with Gasteiger partial charge in [0.1, 0.15) is 11.3 Å². The van der Waals surface area contributed by atoms with Gasteiger partial charge in [0.25, 0.3) is 11.5 Å². The Balaban J connectivity index is 1.53. The fourth-order valence-corrected chi connectivity index (χ4v) is 4.15. The Morgan fingerprint density at radius 2 is 2.06 bits per heavy atom. The van der Waals surface area contributed by atoms with E-state index in [1.165, 1.54) is 0 Å². The number of piperidine rings is 1. The number of nitrogens with one attached hydrogen (secondary N) is 1. The number of ether oxygens (including phenoxy) is 1. The predicted molar refractivity (Wildman–Crippen MR) is 122 cm³/mol. The molecule has 1 saturated heterocycles. The van der Waals surface area contributed by atoms with Crippen LogP contribution in [-0.2, 0) is 6.54 Å². The van der Waals surface area contributed by atoms with Gasteiger partial charge in [0, 0.05) is 43.7 Å². The monoisotopic (exact) mass is 435 g/mol.